The second-order valence-electron chi connectivity index (χ2n) is 7.96. The van der Waals surface area contributed by atoms with Crippen LogP contribution in [0.25, 0.3) is 0 Å². The van der Waals surface area contributed by atoms with Crippen molar-refractivity contribution in [2.45, 2.75) is 26.9 Å². The van der Waals surface area contributed by atoms with Crippen molar-refractivity contribution in [2.24, 2.45) is 0 Å². The molecule has 8 heteroatoms. The van der Waals surface area contributed by atoms with Crippen molar-refractivity contribution >= 4 is 38.9 Å². The maximum absolute atomic E-state index is 12.6. The Morgan fingerprint density at radius 1 is 0.824 bits per heavy atom. The molecule has 0 aromatic heterocycles. The molecule has 0 spiro atoms. The normalized spacial score (nSPS) is 11.2. The van der Waals surface area contributed by atoms with E-state index in [-0.39, 0.29) is 12.5 Å². The molecule has 180 valence electrons. The average Bonchev–Trinajstić information content (AvgIpc) is 2.83. The van der Waals surface area contributed by atoms with Gasteiger partial charge in [-0.25, -0.2) is 8.42 Å². The maximum atomic E-state index is 12.6. The van der Waals surface area contributed by atoms with Gasteiger partial charge in [0.15, 0.2) is 0 Å². The molecule has 0 unspecified atom stereocenters. The first-order valence-corrected chi connectivity index (χ1v) is 13.4. The standard InChI is InChI=1S/C26H30ClN3O3S/c1-4-29(5-2)24-14-8-20(9-15-24)18-28-26(31)22-10-16-25(17-11-22)30(34(3,32)33)19-21-6-12-23(27)13-7-21/h6-17H,4-5,18-19H2,1-3H3,(H,28,31). The number of carbonyl (C=O) groups is 1. The predicted octanol–water partition coefficient (Wildman–Crippen LogP) is 5.08. The van der Waals surface area contributed by atoms with Crippen molar-refractivity contribution < 1.29 is 13.2 Å². The van der Waals surface area contributed by atoms with E-state index in [9.17, 15) is 13.2 Å². The number of benzene rings is 3. The van der Waals surface area contributed by atoms with E-state index < -0.39 is 10.0 Å². The highest BCUT2D eigenvalue weighted by molar-refractivity contribution is 7.92. The summed E-state index contributed by atoms with van der Waals surface area (Å²) in [5, 5.41) is 3.51. The van der Waals surface area contributed by atoms with Gasteiger partial charge in [0.2, 0.25) is 10.0 Å². The molecule has 34 heavy (non-hydrogen) atoms. The molecule has 0 heterocycles. The van der Waals surface area contributed by atoms with Crippen LogP contribution < -0.4 is 14.5 Å². The molecule has 0 aliphatic rings. The SMILES string of the molecule is CCN(CC)c1ccc(CNC(=O)c2ccc(N(Cc3ccc(Cl)cc3)S(C)(=O)=O)cc2)cc1. The Bertz CT molecular complexity index is 1190. The number of hydrogen-bond acceptors (Lipinski definition) is 4. The van der Waals surface area contributed by atoms with Crippen LogP contribution in [0.4, 0.5) is 11.4 Å². The molecule has 0 saturated heterocycles. The van der Waals surface area contributed by atoms with Crippen LogP contribution in [0.3, 0.4) is 0 Å². The molecule has 0 radical (unpaired) electrons. The van der Waals surface area contributed by atoms with Crippen LogP contribution in [0.1, 0.15) is 35.3 Å². The number of nitrogens with zero attached hydrogens (tertiary/aromatic N) is 2. The van der Waals surface area contributed by atoms with Gasteiger partial charge in [-0.1, -0.05) is 35.9 Å². The number of sulfonamides is 1. The second kappa shape index (κ2) is 11.4. The molecular formula is C26H30ClN3O3S. The molecule has 3 rings (SSSR count). The summed E-state index contributed by atoms with van der Waals surface area (Å²) in [5.74, 6) is -0.219. The van der Waals surface area contributed by atoms with Gasteiger partial charge in [-0.3, -0.25) is 9.10 Å². The summed E-state index contributed by atoms with van der Waals surface area (Å²) in [7, 11) is -3.52. The van der Waals surface area contributed by atoms with E-state index in [2.05, 4.69) is 36.2 Å². The topological polar surface area (TPSA) is 69.7 Å². The third kappa shape index (κ3) is 6.74. The minimum Gasteiger partial charge on any atom is -0.372 e. The smallest absolute Gasteiger partial charge is 0.251 e. The van der Waals surface area contributed by atoms with Crippen molar-refractivity contribution in [1.82, 2.24) is 5.32 Å². The lowest BCUT2D eigenvalue weighted by molar-refractivity contribution is 0.0951. The summed E-state index contributed by atoms with van der Waals surface area (Å²) in [6.07, 6.45) is 1.16. The third-order valence-electron chi connectivity index (χ3n) is 5.58. The monoisotopic (exact) mass is 499 g/mol. The molecule has 0 fully saturated rings. The second-order valence-corrected chi connectivity index (χ2v) is 10.3. The number of amides is 1. The molecular weight excluding hydrogens is 470 g/mol. The number of anilines is 2. The van der Waals surface area contributed by atoms with Gasteiger partial charge in [-0.15, -0.1) is 0 Å². The molecule has 1 N–H and O–H groups in total. The summed E-state index contributed by atoms with van der Waals surface area (Å²) < 4.78 is 26.1. The number of carbonyl (C=O) groups excluding carboxylic acids is 1. The average molecular weight is 500 g/mol. The molecule has 0 aliphatic heterocycles. The van der Waals surface area contributed by atoms with Crippen molar-refractivity contribution in [3.05, 3.63) is 94.5 Å². The summed E-state index contributed by atoms with van der Waals surface area (Å²) in [6, 6.07) is 21.7. The lowest BCUT2D eigenvalue weighted by Gasteiger charge is -2.23. The van der Waals surface area contributed by atoms with Gasteiger partial charge < -0.3 is 10.2 Å². The van der Waals surface area contributed by atoms with E-state index in [1.54, 1.807) is 48.5 Å². The predicted molar refractivity (Wildman–Crippen MR) is 140 cm³/mol. The Kier molecular flexibility index (Phi) is 8.58. The third-order valence-corrected chi connectivity index (χ3v) is 6.97. The fourth-order valence-electron chi connectivity index (χ4n) is 3.63. The number of hydrogen-bond donors (Lipinski definition) is 1. The molecule has 3 aromatic carbocycles. The first kappa shape index (κ1) is 25.6. The van der Waals surface area contributed by atoms with Gasteiger partial charge >= 0.3 is 0 Å². The highest BCUT2D eigenvalue weighted by Gasteiger charge is 2.18. The van der Waals surface area contributed by atoms with Crippen molar-refractivity contribution in [3.63, 3.8) is 0 Å². The van der Waals surface area contributed by atoms with Gasteiger partial charge in [-0.05, 0) is 73.5 Å². The number of halogens is 1. The first-order chi connectivity index (χ1) is 16.2. The maximum Gasteiger partial charge on any atom is 0.251 e. The largest absolute Gasteiger partial charge is 0.372 e. The van der Waals surface area contributed by atoms with Crippen LogP contribution in [-0.2, 0) is 23.1 Å². The summed E-state index contributed by atoms with van der Waals surface area (Å²) in [5.41, 5.74) is 3.92. The molecule has 6 nitrogen and oxygen atoms in total. The molecule has 0 aliphatic carbocycles. The number of rotatable bonds is 10. The van der Waals surface area contributed by atoms with E-state index in [4.69, 9.17) is 11.6 Å². The van der Waals surface area contributed by atoms with Gasteiger partial charge in [0.25, 0.3) is 5.91 Å². The molecule has 0 saturated carbocycles. The minimum absolute atomic E-state index is 0.172. The van der Waals surface area contributed by atoms with Crippen molar-refractivity contribution in [2.75, 3.05) is 28.6 Å². The summed E-state index contributed by atoms with van der Waals surface area (Å²) >= 11 is 5.93. The molecule has 0 bridgehead atoms. The van der Waals surface area contributed by atoms with E-state index in [1.165, 1.54) is 4.31 Å². The van der Waals surface area contributed by atoms with Crippen LogP contribution in [-0.4, -0.2) is 33.7 Å². The Balaban J connectivity index is 1.66. The lowest BCUT2D eigenvalue weighted by Crippen LogP contribution is -2.29. The van der Waals surface area contributed by atoms with Crippen molar-refractivity contribution in [1.29, 1.82) is 0 Å². The molecule has 1 amide bonds. The van der Waals surface area contributed by atoms with Crippen LogP contribution in [0.15, 0.2) is 72.8 Å². The van der Waals surface area contributed by atoms with Crippen LogP contribution in [0, 0.1) is 0 Å². The van der Waals surface area contributed by atoms with Gasteiger partial charge in [0.1, 0.15) is 0 Å². The van der Waals surface area contributed by atoms with Gasteiger partial charge in [0, 0.05) is 35.9 Å². The van der Waals surface area contributed by atoms with Gasteiger partial charge in [-0.2, -0.15) is 0 Å². The molecule has 0 atom stereocenters. The van der Waals surface area contributed by atoms with Crippen molar-refractivity contribution in [3.8, 4) is 0 Å². The Labute approximate surface area is 207 Å². The van der Waals surface area contributed by atoms with E-state index >= 15 is 0 Å². The van der Waals surface area contributed by atoms with Crippen LogP contribution in [0.5, 0.6) is 0 Å². The van der Waals surface area contributed by atoms with Crippen LogP contribution >= 0.6 is 11.6 Å². The highest BCUT2D eigenvalue weighted by atomic mass is 35.5. The zero-order chi connectivity index (χ0) is 24.7. The zero-order valence-electron chi connectivity index (χ0n) is 19.7. The summed E-state index contributed by atoms with van der Waals surface area (Å²) in [4.78, 5) is 14.9. The van der Waals surface area contributed by atoms with E-state index in [0.29, 0.717) is 22.8 Å². The minimum atomic E-state index is -3.52. The van der Waals surface area contributed by atoms with E-state index in [1.807, 2.05) is 12.1 Å². The quantitative estimate of drug-likeness (QED) is 0.422. The van der Waals surface area contributed by atoms with E-state index in [0.717, 1.165) is 36.2 Å². The Morgan fingerprint density at radius 3 is 1.88 bits per heavy atom. The van der Waals surface area contributed by atoms with Crippen LogP contribution in [0.2, 0.25) is 5.02 Å². The Hall–Kier alpha value is -3.03. The number of nitrogens with one attached hydrogen (secondary N) is 1. The summed E-state index contributed by atoms with van der Waals surface area (Å²) in [6.45, 7) is 6.71. The van der Waals surface area contributed by atoms with Gasteiger partial charge in [0.05, 0.1) is 18.5 Å². The fraction of sp³-hybridized carbons (Fsp3) is 0.269. The fourth-order valence-corrected chi connectivity index (χ4v) is 4.65. The molecule has 3 aromatic rings. The Morgan fingerprint density at radius 2 is 1.35 bits per heavy atom. The highest BCUT2D eigenvalue weighted by Crippen LogP contribution is 2.22. The lowest BCUT2D eigenvalue weighted by atomic mass is 10.1. The zero-order valence-corrected chi connectivity index (χ0v) is 21.2. The first-order valence-electron chi connectivity index (χ1n) is 11.2.